The van der Waals surface area contributed by atoms with Crippen LogP contribution in [-0.4, -0.2) is 5.78 Å². The summed E-state index contributed by atoms with van der Waals surface area (Å²) in [4.78, 5) is 11.9. The highest BCUT2D eigenvalue weighted by atomic mass is 16.1. The van der Waals surface area contributed by atoms with Crippen molar-refractivity contribution < 1.29 is 4.79 Å². The zero-order valence-electron chi connectivity index (χ0n) is 11.1. The van der Waals surface area contributed by atoms with Gasteiger partial charge in [-0.2, -0.15) is 0 Å². The minimum absolute atomic E-state index is 0.292. The maximum absolute atomic E-state index is 11.9. The molecule has 0 amide bonds. The zero-order chi connectivity index (χ0) is 11.9. The molecule has 0 bridgehead atoms. The van der Waals surface area contributed by atoms with Crippen molar-refractivity contribution in [2.24, 2.45) is 17.3 Å². The largest absolute Gasteiger partial charge is 0.299 e. The molecule has 0 heterocycles. The molecular formula is C15H24O. The molecule has 0 aromatic carbocycles. The lowest BCUT2D eigenvalue weighted by Gasteiger charge is -2.39. The second kappa shape index (κ2) is 4.01. The first-order chi connectivity index (χ1) is 7.43. The molecule has 0 unspecified atom stereocenters. The number of ketones is 1. The van der Waals surface area contributed by atoms with E-state index in [1.54, 1.807) is 5.57 Å². The first-order valence-corrected chi connectivity index (χ1v) is 6.62. The van der Waals surface area contributed by atoms with Crippen molar-refractivity contribution in [2.75, 3.05) is 0 Å². The molecule has 0 saturated heterocycles. The van der Waals surface area contributed by atoms with Gasteiger partial charge in [0.2, 0.25) is 0 Å². The van der Waals surface area contributed by atoms with E-state index < -0.39 is 0 Å². The van der Waals surface area contributed by atoms with E-state index in [0.29, 0.717) is 23.0 Å². The van der Waals surface area contributed by atoms with Crippen LogP contribution in [0.3, 0.4) is 0 Å². The molecule has 0 radical (unpaired) electrons. The Bertz CT molecular complexity index is 319. The van der Waals surface area contributed by atoms with Crippen LogP contribution >= 0.6 is 0 Å². The van der Waals surface area contributed by atoms with E-state index in [-0.39, 0.29) is 0 Å². The highest BCUT2D eigenvalue weighted by Gasteiger charge is 2.44. The van der Waals surface area contributed by atoms with E-state index in [2.05, 4.69) is 27.7 Å². The van der Waals surface area contributed by atoms with E-state index in [1.165, 1.54) is 24.8 Å². The molecule has 90 valence electrons. The van der Waals surface area contributed by atoms with Gasteiger partial charge in [-0.15, -0.1) is 0 Å². The predicted molar refractivity (Wildman–Crippen MR) is 67.2 cm³/mol. The van der Waals surface area contributed by atoms with Gasteiger partial charge >= 0.3 is 0 Å². The summed E-state index contributed by atoms with van der Waals surface area (Å²) >= 11 is 0. The number of carbonyl (C=O) groups is 1. The van der Waals surface area contributed by atoms with E-state index in [9.17, 15) is 4.79 Å². The van der Waals surface area contributed by atoms with Crippen molar-refractivity contribution in [1.82, 2.24) is 0 Å². The van der Waals surface area contributed by atoms with Crippen LogP contribution in [0.1, 0.15) is 59.8 Å². The van der Waals surface area contributed by atoms with Gasteiger partial charge < -0.3 is 0 Å². The minimum atomic E-state index is 0.292. The van der Waals surface area contributed by atoms with Crippen LogP contribution in [0.2, 0.25) is 0 Å². The molecule has 1 heteroatoms. The Balaban J connectivity index is 2.17. The van der Waals surface area contributed by atoms with E-state index >= 15 is 0 Å². The number of hydrogen-bond donors (Lipinski definition) is 0. The molecule has 16 heavy (non-hydrogen) atoms. The van der Waals surface area contributed by atoms with Gasteiger partial charge in [0.1, 0.15) is 5.78 Å². The van der Waals surface area contributed by atoms with Crippen molar-refractivity contribution in [3.05, 3.63) is 11.1 Å². The highest BCUT2D eigenvalue weighted by Crippen LogP contribution is 2.53. The smallest absolute Gasteiger partial charge is 0.138 e. The lowest BCUT2D eigenvalue weighted by Crippen LogP contribution is -2.36. The van der Waals surface area contributed by atoms with Crippen LogP contribution in [0.4, 0.5) is 0 Å². The summed E-state index contributed by atoms with van der Waals surface area (Å²) in [5, 5.41) is 0. The monoisotopic (exact) mass is 220 g/mol. The van der Waals surface area contributed by atoms with Crippen molar-refractivity contribution in [3.8, 4) is 0 Å². The van der Waals surface area contributed by atoms with Crippen molar-refractivity contribution in [3.63, 3.8) is 0 Å². The summed E-state index contributed by atoms with van der Waals surface area (Å²) in [5.41, 5.74) is 3.64. The standard InChI is InChI=1S/C15H24O/c1-10(2)13-5-6-15(9-13)7-11(3)14(16)12(4)8-15/h11-12H,5-9H2,1-4H3/t11-,12-/m1/s1. The lowest BCUT2D eigenvalue weighted by molar-refractivity contribution is -0.131. The zero-order valence-corrected chi connectivity index (χ0v) is 11.1. The Hall–Kier alpha value is -0.590. The molecular weight excluding hydrogens is 196 g/mol. The average molecular weight is 220 g/mol. The molecule has 1 nitrogen and oxygen atoms in total. The SMILES string of the molecule is CC(C)=C1CCC2(C1)C[C@@H](C)C(=O)[C@H](C)C2. The third-order valence-corrected chi connectivity index (χ3v) is 4.70. The molecule has 0 aliphatic heterocycles. The lowest BCUT2D eigenvalue weighted by atomic mass is 9.64. The van der Waals surface area contributed by atoms with Crippen molar-refractivity contribution in [2.45, 2.75) is 59.8 Å². The first kappa shape index (κ1) is 11.9. The van der Waals surface area contributed by atoms with E-state index in [1.807, 2.05) is 0 Å². The van der Waals surface area contributed by atoms with Gasteiger partial charge in [0.25, 0.3) is 0 Å². The fourth-order valence-corrected chi connectivity index (χ4v) is 3.89. The molecule has 0 N–H and O–H groups in total. The highest BCUT2D eigenvalue weighted by molar-refractivity contribution is 5.83. The quantitative estimate of drug-likeness (QED) is 0.561. The Kier molecular flexibility index (Phi) is 2.98. The number of rotatable bonds is 0. The molecule has 0 aromatic rings. The Morgan fingerprint density at radius 2 is 1.75 bits per heavy atom. The topological polar surface area (TPSA) is 17.1 Å². The second-order valence-electron chi connectivity index (χ2n) is 6.39. The molecule has 1 spiro atoms. The number of allylic oxidation sites excluding steroid dienone is 2. The summed E-state index contributed by atoms with van der Waals surface area (Å²) in [7, 11) is 0. The van der Waals surface area contributed by atoms with Crippen LogP contribution < -0.4 is 0 Å². The molecule has 2 atom stereocenters. The van der Waals surface area contributed by atoms with Gasteiger partial charge in [0.15, 0.2) is 0 Å². The van der Waals surface area contributed by atoms with Crippen LogP contribution in [-0.2, 0) is 4.79 Å². The summed E-state index contributed by atoms with van der Waals surface area (Å²) in [6.45, 7) is 8.71. The minimum Gasteiger partial charge on any atom is -0.299 e. The van der Waals surface area contributed by atoms with Crippen molar-refractivity contribution >= 4 is 5.78 Å². The van der Waals surface area contributed by atoms with E-state index in [4.69, 9.17) is 0 Å². The van der Waals surface area contributed by atoms with Gasteiger partial charge in [-0.3, -0.25) is 4.79 Å². The number of carbonyl (C=O) groups excluding carboxylic acids is 1. The summed E-state index contributed by atoms with van der Waals surface area (Å²) < 4.78 is 0. The second-order valence-corrected chi connectivity index (χ2v) is 6.39. The third kappa shape index (κ3) is 1.97. The van der Waals surface area contributed by atoms with Gasteiger partial charge in [0.05, 0.1) is 0 Å². The third-order valence-electron chi connectivity index (χ3n) is 4.70. The summed E-state index contributed by atoms with van der Waals surface area (Å²) in [5.74, 6) is 1.08. The first-order valence-electron chi connectivity index (χ1n) is 6.62. The van der Waals surface area contributed by atoms with Crippen LogP contribution in [0, 0.1) is 17.3 Å². The molecule has 2 saturated carbocycles. The van der Waals surface area contributed by atoms with Crippen LogP contribution in [0.15, 0.2) is 11.1 Å². The normalized spacial score (nSPS) is 39.5. The van der Waals surface area contributed by atoms with Crippen LogP contribution in [0.5, 0.6) is 0 Å². The number of hydrogen-bond acceptors (Lipinski definition) is 1. The Labute approximate surface area is 99.3 Å². The van der Waals surface area contributed by atoms with Gasteiger partial charge in [-0.1, -0.05) is 25.0 Å². The molecule has 2 aliphatic rings. The molecule has 0 aromatic heterocycles. The maximum atomic E-state index is 11.9. The summed E-state index contributed by atoms with van der Waals surface area (Å²) in [6.07, 6.45) is 6.11. The van der Waals surface area contributed by atoms with E-state index in [0.717, 1.165) is 12.8 Å². The van der Waals surface area contributed by atoms with Gasteiger partial charge in [-0.05, 0) is 51.4 Å². The molecule has 2 fully saturated rings. The predicted octanol–water partition coefficient (Wildman–Crippen LogP) is 4.13. The molecule has 2 rings (SSSR count). The fourth-order valence-electron chi connectivity index (χ4n) is 3.89. The number of Topliss-reactive ketones (excluding diaryl/α,β-unsaturated/α-hetero) is 1. The Morgan fingerprint density at radius 3 is 2.19 bits per heavy atom. The fraction of sp³-hybridized carbons (Fsp3) is 0.800. The van der Waals surface area contributed by atoms with Gasteiger partial charge in [0, 0.05) is 11.8 Å². The maximum Gasteiger partial charge on any atom is 0.138 e. The van der Waals surface area contributed by atoms with Crippen LogP contribution in [0.25, 0.3) is 0 Å². The Morgan fingerprint density at radius 1 is 1.19 bits per heavy atom. The average Bonchev–Trinajstić information content (AvgIpc) is 2.59. The summed E-state index contributed by atoms with van der Waals surface area (Å²) in [6, 6.07) is 0. The molecule has 2 aliphatic carbocycles. The van der Waals surface area contributed by atoms with Gasteiger partial charge in [-0.25, -0.2) is 0 Å². The van der Waals surface area contributed by atoms with Crippen molar-refractivity contribution in [1.29, 1.82) is 0 Å².